The second-order valence-electron chi connectivity index (χ2n) is 10.1. The number of para-hydroxylation sites is 1. The summed E-state index contributed by atoms with van der Waals surface area (Å²) in [5, 5.41) is 14.6. The van der Waals surface area contributed by atoms with Crippen LogP contribution in [0.25, 0.3) is 27.9 Å². The highest BCUT2D eigenvalue weighted by Crippen LogP contribution is 2.36. The zero-order chi connectivity index (χ0) is 30.3. The maximum absolute atomic E-state index is 14.0. The molecule has 5 aromatic rings. The van der Waals surface area contributed by atoms with E-state index in [4.69, 9.17) is 4.74 Å². The van der Waals surface area contributed by atoms with E-state index in [0.717, 1.165) is 11.6 Å². The highest BCUT2D eigenvalue weighted by molar-refractivity contribution is 5.95. The third-order valence-electron chi connectivity index (χ3n) is 7.03. The molecule has 43 heavy (non-hydrogen) atoms. The van der Waals surface area contributed by atoms with Gasteiger partial charge in [0.1, 0.15) is 12.6 Å². The molecule has 0 saturated carbocycles. The SMILES string of the molecule is Cc1nn(C)cc1-c1nc2c3cccc(C(F)(F)F)c3nc(N[C@H]3CN(C(=O)OCc4ccccc4)CCNC3=O)n2n1. The zero-order valence-corrected chi connectivity index (χ0v) is 23.1. The van der Waals surface area contributed by atoms with E-state index in [2.05, 4.69) is 30.8 Å². The van der Waals surface area contributed by atoms with Crippen molar-refractivity contribution in [3.05, 3.63) is 71.5 Å². The number of benzene rings is 2. The quantitative estimate of drug-likeness (QED) is 0.316. The number of carbonyl (C=O) groups is 2. The van der Waals surface area contributed by atoms with Gasteiger partial charge in [0.25, 0.3) is 0 Å². The lowest BCUT2D eigenvalue weighted by Crippen LogP contribution is -2.44. The second kappa shape index (κ2) is 10.9. The Labute approximate surface area is 242 Å². The lowest BCUT2D eigenvalue weighted by molar-refractivity contribution is -0.136. The molecule has 12 nitrogen and oxygen atoms in total. The van der Waals surface area contributed by atoms with Crippen molar-refractivity contribution in [2.45, 2.75) is 25.7 Å². The Bertz CT molecular complexity index is 1840. The molecule has 15 heteroatoms. The van der Waals surface area contributed by atoms with Gasteiger partial charge in [-0.2, -0.15) is 22.8 Å². The van der Waals surface area contributed by atoms with Gasteiger partial charge in [0.15, 0.2) is 11.5 Å². The third-order valence-corrected chi connectivity index (χ3v) is 7.03. The van der Waals surface area contributed by atoms with Crippen molar-refractivity contribution in [1.29, 1.82) is 0 Å². The maximum atomic E-state index is 14.0. The van der Waals surface area contributed by atoms with E-state index in [1.807, 2.05) is 30.3 Å². The van der Waals surface area contributed by atoms with Crippen LogP contribution in [0.15, 0.2) is 54.7 Å². The normalized spacial score (nSPS) is 15.9. The Morgan fingerprint density at radius 1 is 1.12 bits per heavy atom. The molecule has 1 aliphatic heterocycles. The lowest BCUT2D eigenvalue weighted by Gasteiger charge is -2.23. The number of hydrogen-bond donors (Lipinski definition) is 2. The molecule has 0 radical (unpaired) electrons. The number of aryl methyl sites for hydroxylation is 2. The molecule has 3 aromatic heterocycles. The summed E-state index contributed by atoms with van der Waals surface area (Å²) >= 11 is 0. The van der Waals surface area contributed by atoms with Gasteiger partial charge in [-0.15, -0.1) is 5.10 Å². The summed E-state index contributed by atoms with van der Waals surface area (Å²) in [5.41, 5.74) is 0.772. The molecular weight excluding hydrogens is 567 g/mol. The fourth-order valence-electron chi connectivity index (χ4n) is 4.96. The first-order chi connectivity index (χ1) is 20.6. The number of anilines is 1. The van der Waals surface area contributed by atoms with Crippen molar-refractivity contribution in [3.8, 4) is 11.4 Å². The van der Waals surface area contributed by atoms with Gasteiger partial charge in [-0.1, -0.05) is 36.4 Å². The Hall–Kier alpha value is -5.21. The number of aromatic nitrogens is 6. The molecule has 2 N–H and O–H groups in total. The van der Waals surface area contributed by atoms with Crippen molar-refractivity contribution >= 4 is 34.5 Å². The zero-order valence-electron chi connectivity index (χ0n) is 23.1. The van der Waals surface area contributed by atoms with Gasteiger partial charge in [-0.25, -0.2) is 14.8 Å². The minimum absolute atomic E-state index is 0.0399. The fraction of sp³-hybridized carbons (Fsp3) is 0.286. The second-order valence-corrected chi connectivity index (χ2v) is 10.1. The van der Waals surface area contributed by atoms with Gasteiger partial charge in [0, 0.05) is 31.7 Å². The van der Waals surface area contributed by atoms with Crippen LogP contribution in [0, 0.1) is 6.92 Å². The number of amides is 2. The molecule has 2 aromatic carbocycles. The number of ether oxygens (including phenoxy) is 1. The predicted octanol–water partition coefficient (Wildman–Crippen LogP) is 3.55. The van der Waals surface area contributed by atoms with Crippen LogP contribution in [0.3, 0.4) is 0 Å². The van der Waals surface area contributed by atoms with E-state index >= 15 is 0 Å². The predicted molar refractivity (Wildman–Crippen MR) is 149 cm³/mol. The molecule has 1 fully saturated rings. The summed E-state index contributed by atoms with van der Waals surface area (Å²) in [6.07, 6.45) is -3.64. The first-order valence-electron chi connectivity index (χ1n) is 13.4. The van der Waals surface area contributed by atoms with Gasteiger partial charge in [0.2, 0.25) is 11.9 Å². The minimum atomic E-state index is -4.70. The van der Waals surface area contributed by atoms with Crippen LogP contribution < -0.4 is 10.6 Å². The van der Waals surface area contributed by atoms with E-state index in [1.165, 1.54) is 21.5 Å². The van der Waals surface area contributed by atoms with Crippen LogP contribution in [-0.4, -0.2) is 71.9 Å². The van der Waals surface area contributed by atoms with E-state index in [1.54, 1.807) is 24.9 Å². The van der Waals surface area contributed by atoms with E-state index < -0.39 is 29.8 Å². The topological polar surface area (TPSA) is 132 Å². The molecule has 1 atom stereocenters. The highest BCUT2D eigenvalue weighted by Gasteiger charge is 2.35. The summed E-state index contributed by atoms with van der Waals surface area (Å²) in [6.45, 7) is 2.00. The molecule has 0 bridgehead atoms. The van der Waals surface area contributed by atoms with Crippen LogP contribution in [0.2, 0.25) is 0 Å². The minimum Gasteiger partial charge on any atom is -0.445 e. The van der Waals surface area contributed by atoms with Crippen molar-refractivity contribution in [2.24, 2.45) is 7.05 Å². The molecule has 6 rings (SSSR count). The van der Waals surface area contributed by atoms with Gasteiger partial charge in [0.05, 0.1) is 28.9 Å². The van der Waals surface area contributed by atoms with Crippen LogP contribution in [0.1, 0.15) is 16.8 Å². The van der Waals surface area contributed by atoms with E-state index in [0.29, 0.717) is 11.3 Å². The van der Waals surface area contributed by atoms with Gasteiger partial charge in [-0.3, -0.25) is 9.48 Å². The molecule has 0 aliphatic carbocycles. The first kappa shape index (κ1) is 27.9. The van der Waals surface area contributed by atoms with Gasteiger partial charge in [-0.05, 0) is 24.6 Å². The largest absolute Gasteiger partial charge is 0.445 e. The molecule has 1 aliphatic rings. The Kier molecular flexibility index (Phi) is 7.07. The average Bonchev–Trinajstić information content (AvgIpc) is 3.51. The number of nitrogens with one attached hydrogen (secondary N) is 2. The van der Waals surface area contributed by atoms with Crippen LogP contribution in [0.5, 0.6) is 0 Å². The molecular formula is C28H26F3N9O3. The standard InChI is InChI=1S/C28H26F3N9O3/c1-16-19(13-38(2)36-16)23-35-24-18-9-6-10-20(28(29,30)31)22(18)34-26(40(24)37-23)33-21-14-39(12-11-32-25(21)41)27(42)43-15-17-7-4-3-5-8-17/h3-10,13,21H,11-12,14-15H2,1-2H3,(H,32,41)(H,33,34)/t21-/m0/s1. The number of carbonyl (C=O) groups excluding carboxylic acids is 2. The van der Waals surface area contributed by atoms with Crippen molar-refractivity contribution in [2.75, 3.05) is 25.0 Å². The van der Waals surface area contributed by atoms with E-state index in [-0.39, 0.29) is 54.6 Å². The van der Waals surface area contributed by atoms with Crippen molar-refractivity contribution in [3.63, 3.8) is 0 Å². The molecule has 0 unspecified atom stereocenters. The third kappa shape index (κ3) is 5.52. The van der Waals surface area contributed by atoms with Crippen LogP contribution in [-0.2, 0) is 29.4 Å². The lowest BCUT2D eigenvalue weighted by atomic mass is 10.1. The number of rotatable bonds is 5. The molecule has 2 amide bonds. The molecule has 4 heterocycles. The number of hydrogen-bond acceptors (Lipinski definition) is 8. The summed E-state index contributed by atoms with van der Waals surface area (Å²) in [4.78, 5) is 36.2. The van der Waals surface area contributed by atoms with Crippen LogP contribution in [0.4, 0.5) is 23.9 Å². The monoisotopic (exact) mass is 593 g/mol. The number of nitrogens with zero attached hydrogens (tertiary/aromatic N) is 7. The summed E-state index contributed by atoms with van der Waals surface area (Å²) in [7, 11) is 1.73. The van der Waals surface area contributed by atoms with Gasteiger partial charge >= 0.3 is 12.3 Å². The van der Waals surface area contributed by atoms with Gasteiger partial charge < -0.3 is 20.3 Å². The molecule has 0 spiro atoms. The number of fused-ring (bicyclic) bond motifs is 3. The fourth-order valence-corrected chi connectivity index (χ4v) is 4.96. The Morgan fingerprint density at radius 3 is 2.63 bits per heavy atom. The maximum Gasteiger partial charge on any atom is 0.418 e. The van der Waals surface area contributed by atoms with Crippen molar-refractivity contribution in [1.82, 2.24) is 39.6 Å². The average molecular weight is 594 g/mol. The van der Waals surface area contributed by atoms with Crippen LogP contribution >= 0.6 is 0 Å². The molecule has 222 valence electrons. The highest BCUT2D eigenvalue weighted by atomic mass is 19.4. The first-order valence-corrected chi connectivity index (χ1v) is 13.4. The summed E-state index contributed by atoms with van der Waals surface area (Å²) < 4.78 is 50.4. The molecule has 1 saturated heterocycles. The van der Waals surface area contributed by atoms with Crippen molar-refractivity contribution < 1.29 is 27.5 Å². The Morgan fingerprint density at radius 2 is 1.91 bits per heavy atom. The van der Waals surface area contributed by atoms with E-state index in [9.17, 15) is 22.8 Å². The summed E-state index contributed by atoms with van der Waals surface area (Å²) in [5.74, 6) is -0.406. The Balaban J connectivity index is 1.39. The summed E-state index contributed by atoms with van der Waals surface area (Å²) in [6, 6.07) is 11.7. The smallest absolute Gasteiger partial charge is 0.418 e. The number of alkyl halides is 3. The number of halogens is 3.